The number of aliphatic hydroxyl groups is 1. The summed E-state index contributed by atoms with van der Waals surface area (Å²) in [4.78, 5) is 0. The summed E-state index contributed by atoms with van der Waals surface area (Å²) in [6.45, 7) is 2.13. The summed E-state index contributed by atoms with van der Waals surface area (Å²) < 4.78 is 13.6. The summed E-state index contributed by atoms with van der Waals surface area (Å²) in [5.41, 5.74) is 0.841. The number of halogens is 2. The first-order chi connectivity index (χ1) is 7.15. The zero-order valence-electron chi connectivity index (χ0n) is 8.84. The van der Waals surface area contributed by atoms with E-state index in [9.17, 15) is 9.50 Å². The highest BCUT2D eigenvalue weighted by molar-refractivity contribution is 14.1. The van der Waals surface area contributed by atoms with Crippen molar-refractivity contribution in [2.24, 2.45) is 0 Å². The Morgan fingerprint density at radius 2 is 2.13 bits per heavy atom. The van der Waals surface area contributed by atoms with E-state index in [1.807, 2.05) is 0 Å². The maximum atomic E-state index is 12.8. The minimum absolute atomic E-state index is 0.246. The van der Waals surface area contributed by atoms with Crippen molar-refractivity contribution in [2.45, 2.75) is 38.7 Å². The second kappa shape index (κ2) is 6.43. The fraction of sp³-hybridized carbons (Fsp3) is 0.500. The quantitative estimate of drug-likeness (QED) is 0.641. The SMILES string of the molecule is CCCCCC(O)c1ccc(F)cc1I. The van der Waals surface area contributed by atoms with Gasteiger partial charge in [0.15, 0.2) is 0 Å². The highest BCUT2D eigenvalue weighted by Crippen LogP contribution is 2.25. The smallest absolute Gasteiger partial charge is 0.124 e. The number of rotatable bonds is 5. The lowest BCUT2D eigenvalue weighted by molar-refractivity contribution is 0.162. The lowest BCUT2D eigenvalue weighted by Gasteiger charge is -2.12. The zero-order chi connectivity index (χ0) is 11.3. The highest BCUT2D eigenvalue weighted by atomic mass is 127. The van der Waals surface area contributed by atoms with Crippen LogP contribution in [0, 0.1) is 9.39 Å². The monoisotopic (exact) mass is 322 g/mol. The molecule has 1 aromatic rings. The fourth-order valence-electron chi connectivity index (χ4n) is 1.51. The standard InChI is InChI=1S/C12H16FIO/c1-2-3-4-5-12(15)10-7-6-9(13)8-11(10)14/h6-8,12,15H,2-5H2,1H3. The summed E-state index contributed by atoms with van der Waals surface area (Å²) in [7, 11) is 0. The lowest BCUT2D eigenvalue weighted by Crippen LogP contribution is -2.00. The van der Waals surface area contributed by atoms with Gasteiger partial charge in [0.2, 0.25) is 0 Å². The van der Waals surface area contributed by atoms with Crippen LogP contribution in [0.25, 0.3) is 0 Å². The van der Waals surface area contributed by atoms with Gasteiger partial charge in [0, 0.05) is 3.57 Å². The van der Waals surface area contributed by atoms with Crippen molar-refractivity contribution in [1.29, 1.82) is 0 Å². The molecular weight excluding hydrogens is 306 g/mol. The van der Waals surface area contributed by atoms with E-state index in [1.54, 1.807) is 6.07 Å². The molecule has 1 rings (SSSR count). The van der Waals surface area contributed by atoms with Crippen LogP contribution >= 0.6 is 22.6 Å². The van der Waals surface area contributed by atoms with Crippen LogP contribution < -0.4 is 0 Å². The Morgan fingerprint density at radius 1 is 1.40 bits per heavy atom. The molecule has 0 saturated carbocycles. The van der Waals surface area contributed by atoms with Crippen LogP contribution in [0.2, 0.25) is 0 Å². The third kappa shape index (κ3) is 4.07. The summed E-state index contributed by atoms with van der Waals surface area (Å²) in [5.74, 6) is -0.246. The van der Waals surface area contributed by atoms with Gasteiger partial charge in [0.25, 0.3) is 0 Å². The van der Waals surface area contributed by atoms with Gasteiger partial charge in [0.05, 0.1) is 6.10 Å². The first-order valence-corrected chi connectivity index (χ1v) is 6.36. The van der Waals surface area contributed by atoms with Gasteiger partial charge in [0.1, 0.15) is 5.82 Å². The summed E-state index contributed by atoms with van der Waals surface area (Å²) >= 11 is 2.06. The van der Waals surface area contributed by atoms with Gasteiger partial charge in [-0.15, -0.1) is 0 Å². The Morgan fingerprint density at radius 3 is 2.73 bits per heavy atom. The van der Waals surface area contributed by atoms with E-state index in [0.717, 1.165) is 34.8 Å². The number of benzene rings is 1. The fourth-order valence-corrected chi connectivity index (χ4v) is 2.35. The molecule has 0 spiro atoms. The Balaban J connectivity index is 2.61. The van der Waals surface area contributed by atoms with E-state index in [2.05, 4.69) is 29.5 Å². The molecule has 1 N–H and O–H groups in total. The molecule has 0 saturated heterocycles. The summed E-state index contributed by atoms with van der Waals surface area (Å²) in [5, 5.41) is 9.89. The Kier molecular flexibility index (Phi) is 5.53. The third-order valence-corrected chi connectivity index (χ3v) is 3.34. The van der Waals surface area contributed by atoms with Gasteiger partial charge in [-0.05, 0) is 46.7 Å². The molecule has 3 heteroatoms. The average molecular weight is 322 g/mol. The van der Waals surface area contributed by atoms with E-state index in [0.29, 0.717) is 0 Å². The second-order valence-corrected chi connectivity index (χ2v) is 4.84. The molecule has 1 aromatic carbocycles. The average Bonchev–Trinajstić information content (AvgIpc) is 2.17. The van der Waals surface area contributed by atoms with Gasteiger partial charge in [-0.3, -0.25) is 0 Å². The van der Waals surface area contributed by atoms with Crippen LogP contribution in [0.3, 0.4) is 0 Å². The minimum atomic E-state index is -0.455. The minimum Gasteiger partial charge on any atom is -0.388 e. The summed E-state index contributed by atoms with van der Waals surface area (Å²) in [6.07, 6.45) is 3.60. The van der Waals surface area contributed by atoms with E-state index < -0.39 is 6.10 Å². The van der Waals surface area contributed by atoms with Crippen molar-refractivity contribution >= 4 is 22.6 Å². The molecule has 0 aliphatic carbocycles. The predicted molar refractivity (Wildman–Crippen MR) is 68.2 cm³/mol. The van der Waals surface area contributed by atoms with Crippen LogP contribution in [0.1, 0.15) is 44.3 Å². The Labute approximate surface area is 104 Å². The molecule has 1 atom stereocenters. The first kappa shape index (κ1) is 12.9. The van der Waals surface area contributed by atoms with Gasteiger partial charge in [-0.25, -0.2) is 4.39 Å². The Hall–Kier alpha value is -0.160. The molecule has 0 aliphatic heterocycles. The third-order valence-electron chi connectivity index (χ3n) is 2.40. The van der Waals surface area contributed by atoms with Crippen molar-refractivity contribution in [2.75, 3.05) is 0 Å². The van der Waals surface area contributed by atoms with Crippen molar-refractivity contribution < 1.29 is 9.50 Å². The van der Waals surface area contributed by atoms with Crippen LogP contribution in [-0.4, -0.2) is 5.11 Å². The molecular formula is C12H16FIO. The molecule has 1 unspecified atom stereocenters. The molecule has 0 amide bonds. The van der Waals surface area contributed by atoms with E-state index in [1.165, 1.54) is 12.1 Å². The van der Waals surface area contributed by atoms with Crippen molar-refractivity contribution in [3.63, 3.8) is 0 Å². The maximum absolute atomic E-state index is 12.8. The topological polar surface area (TPSA) is 20.2 Å². The molecule has 84 valence electrons. The molecule has 0 heterocycles. The van der Waals surface area contributed by atoms with Crippen molar-refractivity contribution in [3.05, 3.63) is 33.1 Å². The van der Waals surface area contributed by atoms with E-state index in [4.69, 9.17) is 0 Å². The van der Waals surface area contributed by atoms with Gasteiger partial charge < -0.3 is 5.11 Å². The molecule has 0 aliphatic rings. The highest BCUT2D eigenvalue weighted by Gasteiger charge is 2.11. The van der Waals surface area contributed by atoms with Crippen molar-refractivity contribution in [3.8, 4) is 0 Å². The largest absolute Gasteiger partial charge is 0.388 e. The molecule has 15 heavy (non-hydrogen) atoms. The van der Waals surface area contributed by atoms with Gasteiger partial charge in [-0.2, -0.15) is 0 Å². The zero-order valence-corrected chi connectivity index (χ0v) is 11.0. The molecule has 0 fully saturated rings. The molecule has 1 nitrogen and oxygen atoms in total. The maximum Gasteiger partial charge on any atom is 0.124 e. The van der Waals surface area contributed by atoms with Crippen LogP contribution in [0.15, 0.2) is 18.2 Å². The molecule has 0 bridgehead atoms. The van der Waals surface area contributed by atoms with Gasteiger partial charge >= 0.3 is 0 Å². The van der Waals surface area contributed by atoms with Crippen LogP contribution in [-0.2, 0) is 0 Å². The number of hydrogen-bond donors (Lipinski definition) is 1. The summed E-state index contributed by atoms with van der Waals surface area (Å²) in [6, 6.07) is 4.53. The van der Waals surface area contributed by atoms with E-state index in [-0.39, 0.29) is 5.82 Å². The number of hydrogen-bond acceptors (Lipinski definition) is 1. The Bertz CT molecular complexity index is 314. The van der Waals surface area contributed by atoms with Gasteiger partial charge in [-0.1, -0.05) is 32.3 Å². The van der Waals surface area contributed by atoms with Crippen LogP contribution in [0.5, 0.6) is 0 Å². The predicted octanol–water partition coefficient (Wildman–Crippen LogP) is 4.04. The van der Waals surface area contributed by atoms with E-state index >= 15 is 0 Å². The first-order valence-electron chi connectivity index (χ1n) is 5.28. The normalized spacial score (nSPS) is 12.8. The number of unbranched alkanes of at least 4 members (excludes halogenated alkanes) is 2. The molecule has 0 aromatic heterocycles. The van der Waals surface area contributed by atoms with Crippen LogP contribution in [0.4, 0.5) is 4.39 Å². The number of aliphatic hydroxyl groups excluding tert-OH is 1. The lowest BCUT2D eigenvalue weighted by atomic mass is 10.0. The molecule has 0 radical (unpaired) electrons. The van der Waals surface area contributed by atoms with Crippen molar-refractivity contribution in [1.82, 2.24) is 0 Å². The second-order valence-electron chi connectivity index (χ2n) is 3.68.